The van der Waals surface area contributed by atoms with Gasteiger partial charge in [-0.1, -0.05) is 30.3 Å². The number of nitrogen functional groups attached to an aromatic ring is 1. The number of morpholine rings is 1. The quantitative estimate of drug-likeness (QED) is 0.664. The number of fused-ring (bicyclic) bond motifs is 1. The van der Waals surface area contributed by atoms with Crippen molar-refractivity contribution in [1.82, 2.24) is 19.5 Å². The number of nitrogens with zero attached hydrogens (tertiary/aromatic N) is 4. The van der Waals surface area contributed by atoms with Crippen LogP contribution in [0, 0.1) is 5.92 Å². The van der Waals surface area contributed by atoms with Crippen LogP contribution in [-0.4, -0.2) is 55.9 Å². The molecule has 1 aliphatic carbocycles. The topological polar surface area (TPSA) is 106 Å². The number of pyridine rings is 1. The molecule has 2 fully saturated rings. The average molecular weight is 424 g/mol. The molecule has 31 heavy (non-hydrogen) atoms. The number of ether oxygens (including phenoxy) is 1. The Bertz CT molecular complexity index is 1040. The third kappa shape index (κ3) is 5.39. The molecular formula is C23H29N5O3. The summed E-state index contributed by atoms with van der Waals surface area (Å²) in [7, 11) is 0. The summed E-state index contributed by atoms with van der Waals surface area (Å²) in [5.41, 5.74) is 9.88. The molecule has 2 atom stereocenters. The van der Waals surface area contributed by atoms with Gasteiger partial charge in [-0.2, -0.15) is 4.98 Å². The minimum absolute atomic E-state index is 0.0185. The van der Waals surface area contributed by atoms with E-state index >= 15 is 0 Å². The number of aromatic nitrogens is 3. The number of benzene rings is 1. The van der Waals surface area contributed by atoms with Crippen molar-refractivity contribution < 1.29 is 14.6 Å². The van der Waals surface area contributed by atoms with Crippen LogP contribution in [0.25, 0.3) is 16.9 Å². The van der Waals surface area contributed by atoms with Crippen molar-refractivity contribution in [2.24, 2.45) is 5.92 Å². The summed E-state index contributed by atoms with van der Waals surface area (Å²) in [6.07, 6.45) is 2.38. The van der Waals surface area contributed by atoms with Crippen molar-refractivity contribution in [1.29, 1.82) is 0 Å². The summed E-state index contributed by atoms with van der Waals surface area (Å²) in [5, 5.41) is 12.3. The minimum Gasteiger partial charge on any atom is -0.481 e. The molecule has 3 heterocycles. The summed E-state index contributed by atoms with van der Waals surface area (Å²) < 4.78 is 7.59. The fourth-order valence-electron chi connectivity index (χ4n) is 3.92. The first-order valence-corrected chi connectivity index (χ1v) is 10.7. The lowest BCUT2D eigenvalue weighted by atomic mass is 10.1. The van der Waals surface area contributed by atoms with Crippen LogP contribution in [0.3, 0.4) is 0 Å². The Morgan fingerprint density at radius 1 is 1.13 bits per heavy atom. The van der Waals surface area contributed by atoms with Gasteiger partial charge in [0.05, 0.1) is 23.8 Å². The maximum atomic E-state index is 9.76. The number of hydrogen-bond acceptors (Lipinski definition) is 6. The summed E-state index contributed by atoms with van der Waals surface area (Å²) >= 11 is 0. The third-order valence-electron chi connectivity index (χ3n) is 5.45. The second kappa shape index (κ2) is 9.03. The molecule has 0 bridgehead atoms. The lowest BCUT2D eigenvalue weighted by molar-refractivity contribution is -0.138. The standard InChI is InChI=1S/C19H23N5O.C4H6O2/c1-13-10-23(11-14(2)25-13)12-15-6-8-16(9-7-15)17-4-3-5-18-21-19(20)22-24(17)18;5-4(6)3-1-2-3/h3-9,13-14H,10-12H2,1-2H3,(H2,20,22);3H,1-2H2,(H,5,6)/t13-,14+;. The molecule has 8 nitrogen and oxygen atoms in total. The van der Waals surface area contributed by atoms with E-state index in [2.05, 4.69) is 53.1 Å². The predicted octanol–water partition coefficient (Wildman–Crippen LogP) is 3.07. The number of carboxylic acid groups (broad SMARTS) is 1. The van der Waals surface area contributed by atoms with Crippen molar-refractivity contribution in [3.8, 4) is 11.3 Å². The lowest BCUT2D eigenvalue weighted by Gasteiger charge is -2.35. The zero-order valence-corrected chi connectivity index (χ0v) is 17.9. The Labute approximate surface area is 181 Å². The molecule has 1 aromatic carbocycles. The molecule has 1 saturated heterocycles. The van der Waals surface area contributed by atoms with E-state index in [-0.39, 0.29) is 5.92 Å². The predicted molar refractivity (Wildman–Crippen MR) is 118 cm³/mol. The molecule has 3 aromatic rings. The Balaban J connectivity index is 0.000000334. The summed E-state index contributed by atoms with van der Waals surface area (Å²) in [4.78, 5) is 16.4. The molecule has 0 spiro atoms. The van der Waals surface area contributed by atoms with Crippen LogP contribution in [0.4, 0.5) is 5.95 Å². The first kappa shape index (κ1) is 21.3. The van der Waals surface area contributed by atoms with E-state index in [0.717, 1.165) is 49.4 Å². The first-order valence-electron chi connectivity index (χ1n) is 10.7. The lowest BCUT2D eigenvalue weighted by Crippen LogP contribution is -2.44. The van der Waals surface area contributed by atoms with E-state index < -0.39 is 5.97 Å². The summed E-state index contributed by atoms with van der Waals surface area (Å²) in [6.45, 7) is 7.17. The molecule has 2 aliphatic rings. The van der Waals surface area contributed by atoms with Crippen LogP contribution < -0.4 is 5.73 Å². The molecular weight excluding hydrogens is 394 g/mol. The van der Waals surface area contributed by atoms with E-state index in [1.54, 1.807) is 4.52 Å². The molecule has 164 valence electrons. The van der Waals surface area contributed by atoms with Crippen molar-refractivity contribution in [2.45, 2.75) is 45.4 Å². The maximum Gasteiger partial charge on any atom is 0.306 e. The minimum atomic E-state index is -0.630. The Morgan fingerprint density at radius 3 is 2.39 bits per heavy atom. The van der Waals surface area contributed by atoms with E-state index in [9.17, 15) is 4.79 Å². The normalized spacial score (nSPS) is 21.5. The van der Waals surface area contributed by atoms with Crippen LogP contribution in [0.15, 0.2) is 42.5 Å². The smallest absolute Gasteiger partial charge is 0.306 e. The van der Waals surface area contributed by atoms with Gasteiger partial charge in [0.25, 0.3) is 0 Å². The van der Waals surface area contributed by atoms with Crippen LogP contribution in [0.5, 0.6) is 0 Å². The van der Waals surface area contributed by atoms with Crippen LogP contribution >= 0.6 is 0 Å². The molecule has 0 unspecified atom stereocenters. The van der Waals surface area contributed by atoms with Crippen molar-refractivity contribution >= 4 is 17.6 Å². The van der Waals surface area contributed by atoms with Crippen LogP contribution in [0.2, 0.25) is 0 Å². The van der Waals surface area contributed by atoms with E-state index in [1.165, 1.54) is 5.56 Å². The fourth-order valence-corrected chi connectivity index (χ4v) is 3.92. The van der Waals surface area contributed by atoms with Gasteiger partial charge in [0.15, 0.2) is 5.65 Å². The summed E-state index contributed by atoms with van der Waals surface area (Å²) in [5.74, 6) is -0.320. The van der Waals surface area contributed by atoms with Gasteiger partial charge in [-0.3, -0.25) is 9.69 Å². The third-order valence-corrected chi connectivity index (χ3v) is 5.45. The fraction of sp³-hybridized carbons (Fsp3) is 0.435. The first-order chi connectivity index (χ1) is 14.9. The average Bonchev–Trinajstić information content (AvgIpc) is 3.49. The second-order valence-corrected chi connectivity index (χ2v) is 8.41. The SMILES string of the molecule is C[C@@H]1CN(Cc2ccc(-c3cccc4nc(N)nn34)cc2)C[C@H](C)O1.O=C(O)C1CC1. The number of rotatable bonds is 4. The van der Waals surface area contributed by atoms with Crippen molar-refractivity contribution in [2.75, 3.05) is 18.8 Å². The molecule has 0 amide bonds. The molecule has 0 radical (unpaired) electrons. The number of hydrogen-bond donors (Lipinski definition) is 2. The van der Waals surface area contributed by atoms with Gasteiger partial charge in [0.2, 0.25) is 5.95 Å². The molecule has 8 heteroatoms. The monoisotopic (exact) mass is 423 g/mol. The van der Waals surface area contributed by atoms with Crippen molar-refractivity contribution in [3.63, 3.8) is 0 Å². The Kier molecular flexibility index (Phi) is 6.20. The van der Waals surface area contributed by atoms with Gasteiger partial charge in [-0.15, -0.1) is 5.10 Å². The highest BCUT2D eigenvalue weighted by Crippen LogP contribution is 2.28. The number of nitrogens with two attached hydrogens (primary N) is 1. The van der Waals surface area contributed by atoms with Gasteiger partial charge >= 0.3 is 5.97 Å². The largest absolute Gasteiger partial charge is 0.481 e. The van der Waals surface area contributed by atoms with Gasteiger partial charge in [-0.05, 0) is 44.4 Å². The highest BCUT2D eigenvalue weighted by atomic mass is 16.5. The maximum absolute atomic E-state index is 9.76. The number of aliphatic carboxylic acids is 1. The number of carboxylic acids is 1. The van der Waals surface area contributed by atoms with Crippen molar-refractivity contribution in [3.05, 3.63) is 48.0 Å². The summed E-state index contributed by atoms with van der Waals surface area (Å²) in [6, 6.07) is 14.5. The highest BCUT2D eigenvalue weighted by Gasteiger charge is 2.28. The number of carbonyl (C=O) groups is 1. The molecule has 2 aromatic heterocycles. The Hall–Kier alpha value is -2.97. The van der Waals surface area contributed by atoms with Gasteiger partial charge < -0.3 is 15.6 Å². The van der Waals surface area contributed by atoms with Crippen LogP contribution in [0.1, 0.15) is 32.3 Å². The second-order valence-electron chi connectivity index (χ2n) is 8.41. The van der Waals surface area contributed by atoms with E-state index in [1.807, 2.05) is 18.2 Å². The molecule has 1 aliphatic heterocycles. The Morgan fingerprint density at radius 2 is 1.81 bits per heavy atom. The van der Waals surface area contributed by atoms with Gasteiger partial charge in [0, 0.05) is 25.2 Å². The molecule has 3 N–H and O–H groups in total. The molecule has 5 rings (SSSR count). The highest BCUT2D eigenvalue weighted by molar-refractivity contribution is 5.72. The van der Waals surface area contributed by atoms with E-state index in [4.69, 9.17) is 15.6 Å². The zero-order valence-electron chi connectivity index (χ0n) is 17.9. The number of anilines is 1. The van der Waals surface area contributed by atoms with Gasteiger partial charge in [0.1, 0.15) is 0 Å². The molecule has 1 saturated carbocycles. The van der Waals surface area contributed by atoms with Gasteiger partial charge in [-0.25, -0.2) is 4.52 Å². The van der Waals surface area contributed by atoms with Crippen LogP contribution in [-0.2, 0) is 16.1 Å². The van der Waals surface area contributed by atoms with E-state index in [0.29, 0.717) is 18.2 Å². The zero-order chi connectivity index (χ0) is 22.0.